The summed E-state index contributed by atoms with van der Waals surface area (Å²) in [4.78, 5) is 24.4. The van der Waals surface area contributed by atoms with E-state index in [0.29, 0.717) is 5.57 Å². The lowest BCUT2D eigenvalue weighted by Gasteiger charge is -2.49. The SMILES string of the molecule is C=C(C)[C@@H]1C[C@]2(C)C(=CC1=O)CC[C@H](OC(=O)/C(C)=C\C)[C@H]2C. The Hall–Kier alpha value is -1.64. The summed E-state index contributed by atoms with van der Waals surface area (Å²) in [5, 5.41) is 0. The molecule has 0 saturated heterocycles. The number of carbonyl (C=O) groups is 2. The topological polar surface area (TPSA) is 43.4 Å². The highest BCUT2D eigenvalue weighted by Gasteiger charge is 2.48. The summed E-state index contributed by atoms with van der Waals surface area (Å²) < 4.78 is 5.75. The molecule has 3 heteroatoms. The van der Waals surface area contributed by atoms with Gasteiger partial charge in [0.15, 0.2) is 5.78 Å². The van der Waals surface area contributed by atoms with Gasteiger partial charge in [-0.15, -0.1) is 0 Å². The van der Waals surface area contributed by atoms with Gasteiger partial charge in [0.25, 0.3) is 0 Å². The Labute approximate surface area is 139 Å². The van der Waals surface area contributed by atoms with Crippen LogP contribution in [0.5, 0.6) is 0 Å². The molecule has 1 fully saturated rings. The van der Waals surface area contributed by atoms with Crippen molar-refractivity contribution in [3.8, 4) is 0 Å². The predicted octanol–water partition coefficient (Wildman–Crippen LogP) is 4.39. The molecule has 2 aliphatic carbocycles. The van der Waals surface area contributed by atoms with Crippen LogP contribution in [0.15, 0.2) is 35.5 Å². The molecule has 0 aromatic heterocycles. The van der Waals surface area contributed by atoms with Gasteiger partial charge in [0.05, 0.1) is 0 Å². The van der Waals surface area contributed by atoms with Crippen molar-refractivity contribution in [1.82, 2.24) is 0 Å². The largest absolute Gasteiger partial charge is 0.459 e. The van der Waals surface area contributed by atoms with Crippen molar-refractivity contribution in [3.63, 3.8) is 0 Å². The van der Waals surface area contributed by atoms with Crippen LogP contribution >= 0.6 is 0 Å². The van der Waals surface area contributed by atoms with E-state index in [-0.39, 0.29) is 35.1 Å². The fraction of sp³-hybridized carbons (Fsp3) is 0.600. The van der Waals surface area contributed by atoms with Crippen molar-refractivity contribution in [2.24, 2.45) is 17.3 Å². The maximum Gasteiger partial charge on any atom is 0.333 e. The molecule has 0 aromatic rings. The van der Waals surface area contributed by atoms with Crippen LogP contribution in [0, 0.1) is 17.3 Å². The lowest BCUT2D eigenvalue weighted by atomic mass is 9.57. The molecule has 23 heavy (non-hydrogen) atoms. The fourth-order valence-electron chi connectivity index (χ4n) is 3.81. The number of allylic oxidation sites excluding steroid dienone is 4. The van der Waals surface area contributed by atoms with Crippen LogP contribution in [0.25, 0.3) is 0 Å². The summed E-state index contributed by atoms with van der Waals surface area (Å²) >= 11 is 0. The predicted molar refractivity (Wildman–Crippen MR) is 91.8 cm³/mol. The number of ether oxygens (including phenoxy) is 1. The van der Waals surface area contributed by atoms with E-state index in [2.05, 4.69) is 20.4 Å². The Kier molecular flexibility index (Phi) is 4.98. The molecule has 0 N–H and O–H groups in total. The van der Waals surface area contributed by atoms with E-state index in [1.807, 2.05) is 19.9 Å². The maximum absolute atomic E-state index is 12.3. The first-order valence-electron chi connectivity index (χ1n) is 8.45. The summed E-state index contributed by atoms with van der Waals surface area (Å²) in [6.45, 7) is 13.9. The zero-order valence-electron chi connectivity index (χ0n) is 14.9. The van der Waals surface area contributed by atoms with E-state index in [0.717, 1.165) is 24.8 Å². The molecule has 0 unspecified atom stereocenters. The van der Waals surface area contributed by atoms with Crippen LogP contribution in [0.3, 0.4) is 0 Å². The highest BCUT2D eigenvalue weighted by molar-refractivity contribution is 5.95. The minimum absolute atomic E-state index is 0.0986. The minimum atomic E-state index is -0.233. The Morgan fingerprint density at radius 1 is 1.43 bits per heavy atom. The highest BCUT2D eigenvalue weighted by atomic mass is 16.5. The number of hydrogen-bond donors (Lipinski definition) is 0. The summed E-state index contributed by atoms with van der Waals surface area (Å²) in [6.07, 6.45) is 5.88. The standard InChI is InChI=1S/C20H28O3/c1-7-13(4)19(22)23-18-9-8-15-10-17(21)16(12(2)3)11-20(15,6)14(18)5/h7,10,14,16,18H,2,8-9,11H2,1,3-6H3/b13-7-/t14-,16+,18+,20+/m1/s1. The Bertz CT molecular complexity index is 596. The van der Waals surface area contributed by atoms with Gasteiger partial charge in [0.2, 0.25) is 0 Å². The van der Waals surface area contributed by atoms with E-state index in [4.69, 9.17) is 4.74 Å². The molecule has 2 aliphatic rings. The van der Waals surface area contributed by atoms with Gasteiger partial charge < -0.3 is 4.74 Å². The average molecular weight is 316 g/mol. The quantitative estimate of drug-likeness (QED) is 0.440. The second-order valence-corrected chi connectivity index (χ2v) is 7.34. The normalized spacial score (nSPS) is 34.5. The zero-order chi connectivity index (χ0) is 17.4. The lowest BCUT2D eigenvalue weighted by molar-refractivity contribution is -0.151. The first-order chi connectivity index (χ1) is 10.7. The smallest absolute Gasteiger partial charge is 0.333 e. The monoisotopic (exact) mass is 316 g/mol. The van der Waals surface area contributed by atoms with Crippen LogP contribution in [0.4, 0.5) is 0 Å². The van der Waals surface area contributed by atoms with E-state index in [9.17, 15) is 9.59 Å². The maximum atomic E-state index is 12.3. The van der Waals surface area contributed by atoms with E-state index < -0.39 is 0 Å². The van der Waals surface area contributed by atoms with Gasteiger partial charge in [-0.2, -0.15) is 0 Å². The summed E-state index contributed by atoms with van der Waals surface area (Å²) in [5.41, 5.74) is 2.66. The van der Waals surface area contributed by atoms with E-state index in [1.165, 1.54) is 5.57 Å². The minimum Gasteiger partial charge on any atom is -0.459 e. The van der Waals surface area contributed by atoms with E-state index in [1.54, 1.807) is 13.0 Å². The Balaban J connectivity index is 2.25. The van der Waals surface area contributed by atoms with Crippen LogP contribution in [0.2, 0.25) is 0 Å². The van der Waals surface area contributed by atoms with Crippen molar-refractivity contribution in [3.05, 3.63) is 35.5 Å². The Morgan fingerprint density at radius 3 is 2.65 bits per heavy atom. The number of ketones is 1. The number of esters is 1. The second-order valence-electron chi connectivity index (χ2n) is 7.34. The number of carbonyl (C=O) groups excluding carboxylic acids is 2. The molecule has 0 aromatic carbocycles. The molecule has 0 amide bonds. The summed E-state index contributed by atoms with van der Waals surface area (Å²) in [7, 11) is 0. The van der Waals surface area contributed by atoms with Gasteiger partial charge >= 0.3 is 5.97 Å². The molecule has 2 rings (SSSR count). The van der Waals surface area contributed by atoms with E-state index >= 15 is 0 Å². The number of fused-ring (bicyclic) bond motifs is 1. The molecular formula is C20H28O3. The summed E-state index contributed by atoms with van der Waals surface area (Å²) in [5.74, 6) is 0.0186. The molecule has 0 heterocycles. The third-order valence-electron chi connectivity index (χ3n) is 5.89. The van der Waals surface area contributed by atoms with Crippen molar-refractivity contribution in [1.29, 1.82) is 0 Å². The molecular weight excluding hydrogens is 288 g/mol. The van der Waals surface area contributed by atoms with Crippen molar-refractivity contribution in [2.75, 3.05) is 0 Å². The highest BCUT2D eigenvalue weighted by Crippen LogP contribution is 2.53. The molecule has 1 saturated carbocycles. The van der Waals surface area contributed by atoms with Crippen LogP contribution in [-0.4, -0.2) is 17.9 Å². The van der Waals surface area contributed by atoms with Crippen LogP contribution < -0.4 is 0 Å². The van der Waals surface area contributed by atoms with Crippen LogP contribution in [-0.2, 0) is 14.3 Å². The van der Waals surface area contributed by atoms with Crippen LogP contribution in [0.1, 0.15) is 53.9 Å². The third kappa shape index (κ3) is 3.19. The van der Waals surface area contributed by atoms with Crippen molar-refractivity contribution < 1.29 is 14.3 Å². The van der Waals surface area contributed by atoms with Gasteiger partial charge in [-0.05, 0) is 51.5 Å². The second kappa shape index (κ2) is 6.46. The fourth-order valence-corrected chi connectivity index (χ4v) is 3.81. The van der Waals surface area contributed by atoms with Gasteiger partial charge in [-0.3, -0.25) is 4.79 Å². The molecule has 0 radical (unpaired) electrons. The molecule has 4 atom stereocenters. The first-order valence-corrected chi connectivity index (χ1v) is 8.45. The Morgan fingerprint density at radius 2 is 2.09 bits per heavy atom. The van der Waals surface area contributed by atoms with Gasteiger partial charge in [0, 0.05) is 17.4 Å². The number of hydrogen-bond acceptors (Lipinski definition) is 3. The molecule has 0 aliphatic heterocycles. The number of rotatable bonds is 3. The summed E-state index contributed by atoms with van der Waals surface area (Å²) in [6, 6.07) is 0. The van der Waals surface area contributed by atoms with Gasteiger partial charge in [0.1, 0.15) is 6.10 Å². The van der Waals surface area contributed by atoms with Gasteiger partial charge in [-0.25, -0.2) is 4.79 Å². The van der Waals surface area contributed by atoms with Crippen molar-refractivity contribution >= 4 is 11.8 Å². The first kappa shape index (κ1) is 17.7. The third-order valence-corrected chi connectivity index (χ3v) is 5.89. The van der Waals surface area contributed by atoms with Gasteiger partial charge in [-0.1, -0.05) is 37.6 Å². The average Bonchev–Trinajstić information content (AvgIpc) is 2.50. The van der Waals surface area contributed by atoms with Crippen molar-refractivity contribution in [2.45, 2.75) is 60.0 Å². The molecule has 126 valence electrons. The molecule has 3 nitrogen and oxygen atoms in total. The lowest BCUT2D eigenvalue weighted by Crippen LogP contribution is -2.46. The zero-order valence-corrected chi connectivity index (χ0v) is 14.9. The molecule has 0 bridgehead atoms. The molecule has 0 spiro atoms.